The minimum Gasteiger partial charge on any atom is -0.469 e. The summed E-state index contributed by atoms with van der Waals surface area (Å²) in [7, 11) is 1.22. The van der Waals surface area contributed by atoms with Crippen molar-refractivity contribution in [2.24, 2.45) is 0 Å². The summed E-state index contributed by atoms with van der Waals surface area (Å²) in [5, 5.41) is 13.7. The Morgan fingerprint density at radius 3 is 2.63 bits per heavy atom. The van der Waals surface area contributed by atoms with Gasteiger partial charge in [0, 0.05) is 16.1 Å². The van der Waals surface area contributed by atoms with Crippen LogP contribution in [0.1, 0.15) is 33.9 Å². The Morgan fingerprint density at radius 2 is 2.04 bits per heavy atom. The molecule has 0 heterocycles. The molecule has 0 aliphatic rings. The fourth-order valence-corrected chi connectivity index (χ4v) is 2.87. The summed E-state index contributed by atoms with van der Waals surface area (Å²) in [5.74, 6) is -2.16. The zero-order valence-corrected chi connectivity index (χ0v) is 16.1. The van der Waals surface area contributed by atoms with Gasteiger partial charge in [-0.1, -0.05) is 28.1 Å². The van der Waals surface area contributed by atoms with Gasteiger partial charge in [-0.25, -0.2) is 4.39 Å². The minimum absolute atomic E-state index is 0.158. The van der Waals surface area contributed by atoms with Crippen molar-refractivity contribution in [3.05, 3.63) is 73.5 Å². The third kappa shape index (κ3) is 5.10. The number of methoxy groups -OCH3 is 1. The van der Waals surface area contributed by atoms with E-state index in [0.29, 0.717) is 5.56 Å². The lowest BCUT2D eigenvalue weighted by molar-refractivity contribution is -0.385. The van der Waals surface area contributed by atoms with E-state index in [2.05, 4.69) is 26.0 Å². The molecule has 0 spiro atoms. The number of ether oxygens (including phenoxy) is 1. The molecule has 2 aromatic carbocycles. The number of hydrogen-bond acceptors (Lipinski definition) is 5. The van der Waals surface area contributed by atoms with Gasteiger partial charge in [-0.3, -0.25) is 19.7 Å². The summed E-state index contributed by atoms with van der Waals surface area (Å²) >= 11 is 3.31. The number of nitro benzene ring substituents is 1. The number of halogens is 2. The molecule has 0 fully saturated rings. The molecule has 1 unspecified atom stereocenters. The number of nitrogens with zero attached hydrogens (tertiary/aromatic N) is 1. The maximum Gasteiger partial charge on any atom is 0.307 e. The van der Waals surface area contributed by atoms with Gasteiger partial charge in [-0.05, 0) is 30.7 Å². The van der Waals surface area contributed by atoms with E-state index in [1.807, 2.05) is 0 Å². The second-order valence-electron chi connectivity index (χ2n) is 5.72. The SMILES string of the molecule is COC(=O)CC(NC(=O)c1cc(F)c(C)c([N+](=O)[O-])c1)c1cccc(Br)c1. The van der Waals surface area contributed by atoms with E-state index in [0.717, 1.165) is 16.6 Å². The molecule has 27 heavy (non-hydrogen) atoms. The van der Waals surface area contributed by atoms with Crippen LogP contribution in [0.4, 0.5) is 10.1 Å². The zero-order valence-electron chi connectivity index (χ0n) is 14.5. The highest BCUT2D eigenvalue weighted by atomic mass is 79.9. The van der Waals surface area contributed by atoms with Crippen LogP contribution in [0.15, 0.2) is 40.9 Å². The summed E-state index contributed by atoms with van der Waals surface area (Å²) in [5.41, 5.74) is -0.248. The average molecular weight is 439 g/mol. The monoisotopic (exact) mass is 438 g/mol. The summed E-state index contributed by atoms with van der Waals surface area (Å²) in [4.78, 5) is 34.6. The molecule has 142 valence electrons. The molecular formula is C18H16BrFN2O5. The van der Waals surface area contributed by atoms with Crippen molar-refractivity contribution in [3.63, 3.8) is 0 Å². The van der Waals surface area contributed by atoms with Crippen molar-refractivity contribution in [1.29, 1.82) is 0 Å². The van der Waals surface area contributed by atoms with Crippen molar-refractivity contribution >= 4 is 33.5 Å². The number of carbonyl (C=O) groups is 2. The minimum atomic E-state index is -0.860. The van der Waals surface area contributed by atoms with Gasteiger partial charge in [-0.2, -0.15) is 0 Å². The molecule has 7 nitrogen and oxygen atoms in total. The van der Waals surface area contributed by atoms with Crippen LogP contribution in [-0.2, 0) is 9.53 Å². The molecule has 0 saturated heterocycles. The second-order valence-corrected chi connectivity index (χ2v) is 6.64. The summed E-state index contributed by atoms with van der Waals surface area (Å²) in [6, 6.07) is 8.09. The van der Waals surface area contributed by atoms with Gasteiger partial charge in [0.05, 0.1) is 30.1 Å². The van der Waals surface area contributed by atoms with Crippen LogP contribution in [0, 0.1) is 22.9 Å². The quantitative estimate of drug-likeness (QED) is 0.419. The first-order chi connectivity index (χ1) is 12.7. The van der Waals surface area contributed by atoms with Gasteiger partial charge in [0.25, 0.3) is 11.6 Å². The van der Waals surface area contributed by atoms with Crippen LogP contribution in [-0.4, -0.2) is 23.9 Å². The standard InChI is InChI=1S/C18H16BrFN2O5/c1-10-14(20)7-12(8-16(10)22(25)26)18(24)21-15(9-17(23)27-2)11-4-3-5-13(19)6-11/h3-8,15H,9H2,1-2H3,(H,21,24). The molecule has 0 saturated carbocycles. The second kappa shape index (κ2) is 8.72. The van der Waals surface area contributed by atoms with Crippen molar-refractivity contribution < 1.29 is 23.6 Å². The molecule has 0 bridgehead atoms. The maximum absolute atomic E-state index is 14.0. The predicted molar refractivity (Wildman–Crippen MR) is 98.8 cm³/mol. The number of nitrogens with one attached hydrogen (secondary N) is 1. The Labute approximate surface area is 162 Å². The van der Waals surface area contributed by atoms with Gasteiger partial charge in [0.15, 0.2) is 0 Å². The maximum atomic E-state index is 14.0. The number of amides is 1. The topological polar surface area (TPSA) is 98.5 Å². The summed E-state index contributed by atoms with van der Waals surface area (Å²) < 4.78 is 19.4. The van der Waals surface area contributed by atoms with Gasteiger partial charge in [0.2, 0.25) is 0 Å². The first-order valence-corrected chi connectivity index (χ1v) is 8.60. The van der Waals surface area contributed by atoms with Crippen LogP contribution in [0.2, 0.25) is 0 Å². The van der Waals surface area contributed by atoms with Crippen molar-refractivity contribution in [2.45, 2.75) is 19.4 Å². The molecular weight excluding hydrogens is 423 g/mol. The highest BCUT2D eigenvalue weighted by Crippen LogP contribution is 2.25. The number of benzene rings is 2. The Kier molecular flexibility index (Phi) is 6.62. The van der Waals surface area contributed by atoms with Gasteiger partial charge >= 0.3 is 5.97 Å². The lowest BCUT2D eigenvalue weighted by Gasteiger charge is -2.19. The molecule has 2 rings (SSSR count). The van der Waals surface area contributed by atoms with E-state index < -0.39 is 34.3 Å². The van der Waals surface area contributed by atoms with Gasteiger partial charge < -0.3 is 10.1 Å². The van der Waals surface area contributed by atoms with Crippen LogP contribution in [0.5, 0.6) is 0 Å². The lowest BCUT2D eigenvalue weighted by atomic mass is 10.0. The number of carbonyl (C=O) groups excluding carboxylic acids is 2. The van der Waals surface area contributed by atoms with Crippen LogP contribution in [0.25, 0.3) is 0 Å². The van der Waals surface area contributed by atoms with Crippen LogP contribution < -0.4 is 5.32 Å². The fraction of sp³-hybridized carbons (Fsp3) is 0.222. The Bertz CT molecular complexity index is 903. The first kappa shape index (κ1) is 20.5. The van der Waals surface area contributed by atoms with E-state index in [-0.39, 0.29) is 17.5 Å². The molecule has 0 aliphatic carbocycles. The van der Waals surface area contributed by atoms with E-state index >= 15 is 0 Å². The third-order valence-electron chi connectivity index (χ3n) is 3.93. The normalized spacial score (nSPS) is 11.6. The largest absolute Gasteiger partial charge is 0.469 e. The molecule has 1 amide bonds. The van der Waals surface area contributed by atoms with Crippen LogP contribution >= 0.6 is 15.9 Å². The van der Waals surface area contributed by atoms with Crippen molar-refractivity contribution in [1.82, 2.24) is 5.32 Å². The predicted octanol–water partition coefficient (Wildman–Crippen LogP) is 3.84. The molecule has 9 heteroatoms. The smallest absolute Gasteiger partial charge is 0.307 e. The summed E-state index contributed by atoms with van der Waals surface area (Å²) in [6.45, 7) is 1.26. The Morgan fingerprint density at radius 1 is 1.33 bits per heavy atom. The summed E-state index contributed by atoms with van der Waals surface area (Å²) in [6.07, 6.45) is -0.158. The zero-order chi connectivity index (χ0) is 20.1. The highest BCUT2D eigenvalue weighted by Gasteiger charge is 2.23. The van der Waals surface area contributed by atoms with Crippen molar-refractivity contribution in [2.75, 3.05) is 7.11 Å². The molecule has 0 aliphatic heterocycles. The molecule has 0 radical (unpaired) electrons. The molecule has 0 aromatic heterocycles. The third-order valence-corrected chi connectivity index (χ3v) is 4.42. The van der Waals surface area contributed by atoms with E-state index in [1.165, 1.54) is 14.0 Å². The molecule has 1 atom stereocenters. The number of nitro groups is 1. The number of rotatable bonds is 6. The van der Waals surface area contributed by atoms with Gasteiger partial charge in [-0.15, -0.1) is 0 Å². The molecule has 1 N–H and O–H groups in total. The fourth-order valence-electron chi connectivity index (χ4n) is 2.45. The van der Waals surface area contributed by atoms with Crippen molar-refractivity contribution in [3.8, 4) is 0 Å². The van der Waals surface area contributed by atoms with E-state index in [9.17, 15) is 24.1 Å². The number of esters is 1. The Balaban J connectivity index is 2.36. The lowest BCUT2D eigenvalue weighted by Crippen LogP contribution is -2.30. The highest BCUT2D eigenvalue weighted by molar-refractivity contribution is 9.10. The van der Waals surface area contributed by atoms with Crippen LogP contribution in [0.3, 0.4) is 0 Å². The number of hydrogen-bond donors (Lipinski definition) is 1. The molecule has 2 aromatic rings. The van der Waals surface area contributed by atoms with E-state index in [4.69, 9.17) is 0 Å². The first-order valence-electron chi connectivity index (χ1n) is 7.80. The van der Waals surface area contributed by atoms with Gasteiger partial charge in [0.1, 0.15) is 5.82 Å². The average Bonchev–Trinajstić information content (AvgIpc) is 2.62. The van der Waals surface area contributed by atoms with E-state index in [1.54, 1.807) is 24.3 Å². The Hall–Kier alpha value is -2.81.